The van der Waals surface area contributed by atoms with Crippen LogP contribution in [0.1, 0.15) is 18.9 Å². The van der Waals surface area contributed by atoms with E-state index in [1.54, 1.807) is 0 Å². The van der Waals surface area contributed by atoms with Crippen LogP contribution in [0.4, 0.5) is 0 Å². The van der Waals surface area contributed by atoms with Crippen LogP contribution < -0.4 is 0 Å². The maximum absolute atomic E-state index is 4.32. The van der Waals surface area contributed by atoms with E-state index in [4.69, 9.17) is 0 Å². The highest BCUT2D eigenvalue weighted by Crippen LogP contribution is 2.17. The highest BCUT2D eigenvalue weighted by Gasteiger charge is 1.96. The topological polar surface area (TPSA) is 12.9 Å². The van der Waals surface area contributed by atoms with Gasteiger partial charge in [-0.3, -0.25) is 4.98 Å². The van der Waals surface area contributed by atoms with Crippen LogP contribution in [-0.4, -0.2) is 4.98 Å². The molecule has 1 heteroatoms. The molecule has 0 N–H and O–H groups in total. The van der Waals surface area contributed by atoms with Crippen molar-refractivity contribution < 1.29 is 0 Å². The van der Waals surface area contributed by atoms with Crippen LogP contribution in [-0.2, 0) is 0 Å². The zero-order valence-electron chi connectivity index (χ0n) is 8.27. The Hall–Kier alpha value is -1.63. The summed E-state index contributed by atoms with van der Waals surface area (Å²) >= 11 is 0. The van der Waals surface area contributed by atoms with Crippen LogP contribution in [0.5, 0.6) is 0 Å². The van der Waals surface area contributed by atoms with Crippen molar-refractivity contribution in [1.82, 2.24) is 4.98 Å². The monoisotopic (exact) mass is 183 g/mol. The third-order valence-corrected chi connectivity index (χ3v) is 2.22. The molecule has 0 bridgehead atoms. The first kappa shape index (κ1) is 8.95. The molecule has 70 valence electrons. The fourth-order valence-electron chi connectivity index (χ4n) is 1.51. The number of pyridine rings is 1. The highest BCUT2D eigenvalue weighted by molar-refractivity contribution is 5.87. The zero-order valence-corrected chi connectivity index (χ0v) is 8.27. The molecule has 0 radical (unpaired) electrons. The molecule has 1 heterocycles. The highest BCUT2D eigenvalue weighted by atomic mass is 14.6. The molecule has 0 saturated heterocycles. The summed E-state index contributed by atoms with van der Waals surface area (Å²) in [5.41, 5.74) is 2.31. The van der Waals surface area contributed by atoms with E-state index in [0.29, 0.717) is 0 Å². The lowest BCUT2D eigenvalue weighted by molar-refractivity contribution is 1.23. The number of hydrogen-bond acceptors (Lipinski definition) is 1. The molecule has 0 spiro atoms. The largest absolute Gasteiger partial charge is 0.256 e. The van der Waals surface area contributed by atoms with Gasteiger partial charge in [-0.15, -0.1) is 0 Å². The van der Waals surface area contributed by atoms with E-state index in [2.05, 4.69) is 36.2 Å². The van der Waals surface area contributed by atoms with E-state index in [0.717, 1.165) is 11.9 Å². The Morgan fingerprint density at radius 3 is 2.93 bits per heavy atom. The zero-order chi connectivity index (χ0) is 9.80. The van der Waals surface area contributed by atoms with Crippen LogP contribution >= 0.6 is 0 Å². The van der Waals surface area contributed by atoms with Gasteiger partial charge in [-0.25, -0.2) is 0 Å². The van der Waals surface area contributed by atoms with E-state index in [1.807, 2.05) is 24.4 Å². The van der Waals surface area contributed by atoms with E-state index < -0.39 is 0 Å². The van der Waals surface area contributed by atoms with Gasteiger partial charge >= 0.3 is 0 Å². The van der Waals surface area contributed by atoms with Gasteiger partial charge in [0.15, 0.2) is 0 Å². The summed E-state index contributed by atoms with van der Waals surface area (Å²) in [6.45, 7) is 2.14. The smallest absolute Gasteiger partial charge is 0.0707 e. The predicted molar refractivity (Wildman–Crippen MR) is 61.1 cm³/mol. The molecule has 0 unspecified atom stereocenters. The lowest BCUT2D eigenvalue weighted by atomic mass is 10.1. The number of allylic oxidation sites excluding steroid dienone is 1. The maximum Gasteiger partial charge on any atom is 0.0707 e. The van der Waals surface area contributed by atoms with Crippen molar-refractivity contribution in [2.24, 2.45) is 0 Å². The summed E-state index contributed by atoms with van der Waals surface area (Å²) in [4.78, 5) is 4.32. The molecule has 1 aromatic heterocycles. The lowest BCUT2D eigenvalue weighted by Gasteiger charge is -2.00. The van der Waals surface area contributed by atoms with Crippen molar-refractivity contribution in [3.63, 3.8) is 0 Å². The van der Waals surface area contributed by atoms with E-state index in [1.165, 1.54) is 10.9 Å². The molecular formula is C13H13N. The summed E-state index contributed by atoms with van der Waals surface area (Å²) in [6, 6.07) is 10.3. The number of rotatable bonds is 2. The molecule has 0 aliphatic heterocycles. The third kappa shape index (κ3) is 1.67. The molecule has 1 aromatic carbocycles. The molecule has 0 atom stereocenters. The van der Waals surface area contributed by atoms with E-state index in [-0.39, 0.29) is 0 Å². The van der Waals surface area contributed by atoms with Gasteiger partial charge in [0, 0.05) is 11.6 Å². The average Bonchev–Trinajstić information content (AvgIpc) is 2.26. The van der Waals surface area contributed by atoms with Crippen LogP contribution in [0, 0.1) is 0 Å². The van der Waals surface area contributed by atoms with Crippen molar-refractivity contribution in [2.75, 3.05) is 0 Å². The Morgan fingerprint density at radius 1 is 1.21 bits per heavy atom. The number of hydrogen-bond donors (Lipinski definition) is 0. The first-order chi connectivity index (χ1) is 6.92. The van der Waals surface area contributed by atoms with Crippen molar-refractivity contribution >= 4 is 17.0 Å². The van der Waals surface area contributed by atoms with E-state index in [9.17, 15) is 0 Å². The molecule has 0 amide bonds. The minimum atomic E-state index is 1.06. The minimum Gasteiger partial charge on any atom is -0.256 e. The second-order valence-electron chi connectivity index (χ2n) is 3.23. The average molecular weight is 183 g/mol. The van der Waals surface area contributed by atoms with Crippen molar-refractivity contribution in [1.29, 1.82) is 0 Å². The van der Waals surface area contributed by atoms with Gasteiger partial charge in [0.1, 0.15) is 0 Å². The van der Waals surface area contributed by atoms with Crippen LogP contribution in [0.2, 0.25) is 0 Å². The number of fused-ring (bicyclic) bond motifs is 1. The molecule has 0 aliphatic rings. The second-order valence-corrected chi connectivity index (χ2v) is 3.23. The number of nitrogens with zero attached hydrogens (tertiary/aromatic N) is 1. The normalized spacial score (nSPS) is 11.2. The van der Waals surface area contributed by atoms with Crippen molar-refractivity contribution in [3.8, 4) is 0 Å². The molecule has 2 rings (SSSR count). The summed E-state index contributed by atoms with van der Waals surface area (Å²) in [5.74, 6) is 0. The number of benzene rings is 1. The number of para-hydroxylation sites is 1. The molecule has 0 fully saturated rings. The molecule has 0 saturated carbocycles. The summed E-state index contributed by atoms with van der Waals surface area (Å²) in [7, 11) is 0. The Bertz CT molecular complexity index is 452. The molecular weight excluding hydrogens is 170 g/mol. The van der Waals surface area contributed by atoms with Gasteiger partial charge in [-0.2, -0.15) is 0 Å². The van der Waals surface area contributed by atoms with Gasteiger partial charge in [0.2, 0.25) is 0 Å². The Labute approximate surface area is 84.1 Å². The molecule has 14 heavy (non-hydrogen) atoms. The van der Waals surface area contributed by atoms with Crippen LogP contribution in [0.3, 0.4) is 0 Å². The van der Waals surface area contributed by atoms with Crippen molar-refractivity contribution in [3.05, 3.63) is 48.2 Å². The SMILES string of the molecule is CCC=Cc1ccnc2ccccc12. The van der Waals surface area contributed by atoms with Crippen molar-refractivity contribution in [2.45, 2.75) is 13.3 Å². The van der Waals surface area contributed by atoms with Gasteiger partial charge in [-0.05, 0) is 24.1 Å². The second kappa shape index (κ2) is 4.05. The Kier molecular flexibility index (Phi) is 2.59. The van der Waals surface area contributed by atoms with Gasteiger partial charge in [0.05, 0.1) is 5.52 Å². The third-order valence-electron chi connectivity index (χ3n) is 2.22. The Balaban J connectivity index is 2.59. The van der Waals surface area contributed by atoms with Gasteiger partial charge in [-0.1, -0.05) is 37.3 Å². The van der Waals surface area contributed by atoms with Crippen LogP contribution in [0.25, 0.3) is 17.0 Å². The molecule has 2 aromatic rings. The summed E-state index contributed by atoms with van der Waals surface area (Å²) in [6.07, 6.45) is 7.25. The molecule has 1 nitrogen and oxygen atoms in total. The standard InChI is InChI=1S/C13H13N/c1-2-3-6-11-9-10-14-13-8-5-4-7-12(11)13/h3-10H,2H2,1H3. The quantitative estimate of drug-likeness (QED) is 0.692. The van der Waals surface area contributed by atoms with Gasteiger partial charge < -0.3 is 0 Å². The fraction of sp³-hybridized carbons (Fsp3) is 0.154. The summed E-state index contributed by atoms with van der Waals surface area (Å²) in [5, 5.41) is 1.22. The van der Waals surface area contributed by atoms with Gasteiger partial charge in [0.25, 0.3) is 0 Å². The van der Waals surface area contributed by atoms with E-state index >= 15 is 0 Å². The summed E-state index contributed by atoms with van der Waals surface area (Å²) < 4.78 is 0. The molecule has 0 aliphatic carbocycles. The fourth-order valence-corrected chi connectivity index (χ4v) is 1.51. The maximum atomic E-state index is 4.32. The first-order valence-corrected chi connectivity index (χ1v) is 4.92. The number of aromatic nitrogens is 1. The van der Waals surface area contributed by atoms with Crippen LogP contribution in [0.15, 0.2) is 42.6 Å². The minimum absolute atomic E-state index is 1.06. The Morgan fingerprint density at radius 2 is 2.07 bits per heavy atom. The first-order valence-electron chi connectivity index (χ1n) is 4.92. The lowest BCUT2D eigenvalue weighted by Crippen LogP contribution is -1.81. The predicted octanol–water partition coefficient (Wildman–Crippen LogP) is 3.66.